The monoisotopic (exact) mass is 411 g/mol. The van der Waals surface area contributed by atoms with Crippen LogP contribution in [0.15, 0.2) is 30.5 Å². The predicted octanol–water partition coefficient (Wildman–Crippen LogP) is 6.01. The molecule has 0 aliphatic heterocycles. The highest BCUT2D eigenvalue weighted by Crippen LogP contribution is 2.36. The molecule has 0 spiro atoms. The van der Waals surface area contributed by atoms with Crippen molar-refractivity contribution in [1.82, 2.24) is 9.97 Å². The maximum atomic E-state index is 13.3. The van der Waals surface area contributed by atoms with Gasteiger partial charge in [0.25, 0.3) is 0 Å². The standard InChI is InChI=1S/C21H28F3N3O2/c1-5-6-7-8-13-28-19-18(21(22,23)24)14-25-20(26-19)27(4)16-9-11-17(12-10-16)29-15(2)3/h9-12,14-15H,5-8,13H2,1-4H3. The van der Waals surface area contributed by atoms with Gasteiger partial charge in [-0.15, -0.1) is 0 Å². The Hall–Kier alpha value is -2.51. The van der Waals surface area contributed by atoms with Crippen LogP contribution in [0.25, 0.3) is 0 Å². The van der Waals surface area contributed by atoms with E-state index in [9.17, 15) is 13.2 Å². The summed E-state index contributed by atoms with van der Waals surface area (Å²) in [7, 11) is 1.69. The highest BCUT2D eigenvalue weighted by atomic mass is 19.4. The first-order valence-electron chi connectivity index (χ1n) is 9.79. The van der Waals surface area contributed by atoms with E-state index in [1.165, 1.54) is 0 Å². The molecule has 0 fully saturated rings. The van der Waals surface area contributed by atoms with Crippen molar-refractivity contribution in [3.05, 3.63) is 36.0 Å². The van der Waals surface area contributed by atoms with Crippen LogP contribution in [0.5, 0.6) is 11.6 Å². The number of rotatable bonds is 10. The number of hydrogen-bond acceptors (Lipinski definition) is 5. The second-order valence-electron chi connectivity index (χ2n) is 7.02. The van der Waals surface area contributed by atoms with Crippen LogP contribution in [-0.2, 0) is 6.18 Å². The van der Waals surface area contributed by atoms with E-state index < -0.39 is 17.6 Å². The first-order chi connectivity index (χ1) is 13.7. The Labute approximate surface area is 169 Å². The quantitative estimate of drug-likeness (QED) is 0.448. The fraction of sp³-hybridized carbons (Fsp3) is 0.524. The summed E-state index contributed by atoms with van der Waals surface area (Å²) >= 11 is 0. The normalized spacial score (nSPS) is 11.6. The molecule has 5 nitrogen and oxygen atoms in total. The highest BCUT2D eigenvalue weighted by Gasteiger charge is 2.36. The third-order valence-corrected chi connectivity index (χ3v) is 4.18. The van der Waals surface area contributed by atoms with E-state index in [0.29, 0.717) is 12.2 Å². The van der Waals surface area contributed by atoms with E-state index in [4.69, 9.17) is 9.47 Å². The maximum absolute atomic E-state index is 13.3. The van der Waals surface area contributed by atoms with Crippen LogP contribution < -0.4 is 14.4 Å². The smallest absolute Gasteiger partial charge is 0.423 e. The molecule has 0 saturated carbocycles. The van der Waals surface area contributed by atoms with E-state index in [-0.39, 0.29) is 18.7 Å². The van der Waals surface area contributed by atoms with E-state index in [1.54, 1.807) is 36.2 Å². The van der Waals surface area contributed by atoms with Crippen LogP contribution in [0, 0.1) is 0 Å². The Kier molecular flexibility index (Phi) is 8.10. The Bertz CT molecular complexity index is 765. The second-order valence-corrected chi connectivity index (χ2v) is 7.02. The first kappa shape index (κ1) is 22.8. The van der Waals surface area contributed by atoms with Gasteiger partial charge in [0.2, 0.25) is 11.8 Å². The third kappa shape index (κ3) is 6.80. The molecule has 0 N–H and O–H groups in total. The van der Waals surface area contributed by atoms with Gasteiger partial charge in [0.15, 0.2) is 0 Å². The molecule has 2 aromatic rings. The lowest BCUT2D eigenvalue weighted by atomic mass is 10.2. The number of alkyl halides is 3. The maximum Gasteiger partial charge on any atom is 0.423 e. The molecule has 1 aromatic carbocycles. The van der Waals surface area contributed by atoms with Crippen molar-refractivity contribution >= 4 is 11.6 Å². The van der Waals surface area contributed by atoms with Gasteiger partial charge in [-0.05, 0) is 44.5 Å². The van der Waals surface area contributed by atoms with Gasteiger partial charge in [-0.1, -0.05) is 26.2 Å². The average molecular weight is 411 g/mol. The van der Waals surface area contributed by atoms with Crippen molar-refractivity contribution in [2.24, 2.45) is 0 Å². The minimum atomic E-state index is -4.58. The van der Waals surface area contributed by atoms with Crippen molar-refractivity contribution in [3.63, 3.8) is 0 Å². The van der Waals surface area contributed by atoms with Crippen LogP contribution in [-0.4, -0.2) is 29.7 Å². The molecular weight excluding hydrogens is 383 g/mol. The van der Waals surface area contributed by atoms with Crippen LogP contribution in [0.4, 0.5) is 24.8 Å². The number of aromatic nitrogens is 2. The minimum absolute atomic E-state index is 0.0499. The third-order valence-electron chi connectivity index (χ3n) is 4.18. The van der Waals surface area contributed by atoms with Gasteiger partial charge in [-0.25, -0.2) is 4.98 Å². The molecule has 1 aromatic heterocycles. The topological polar surface area (TPSA) is 47.5 Å². The summed E-state index contributed by atoms with van der Waals surface area (Å²) in [4.78, 5) is 9.54. The number of halogens is 3. The molecule has 0 unspecified atom stereocenters. The van der Waals surface area contributed by atoms with Crippen LogP contribution >= 0.6 is 0 Å². The van der Waals surface area contributed by atoms with Crippen LogP contribution in [0.1, 0.15) is 52.0 Å². The van der Waals surface area contributed by atoms with Crippen molar-refractivity contribution in [2.45, 2.75) is 58.7 Å². The molecule has 0 atom stereocenters. The van der Waals surface area contributed by atoms with Crippen molar-refractivity contribution < 1.29 is 22.6 Å². The first-order valence-corrected chi connectivity index (χ1v) is 9.79. The molecule has 29 heavy (non-hydrogen) atoms. The molecule has 1 heterocycles. The SMILES string of the molecule is CCCCCCOc1nc(N(C)c2ccc(OC(C)C)cc2)ncc1C(F)(F)F. The van der Waals surface area contributed by atoms with Gasteiger partial charge in [0.05, 0.1) is 12.7 Å². The number of unbranched alkanes of at least 4 members (excludes halogenated alkanes) is 3. The number of ether oxygens (including phenoxy) is 2. The highest BCUT2D eigenvalue weighted by molar-refractivity contribution is 5.58. The summed E-state index contributed by atoms with van der Waals surface area (Å²) in [6, 6.07) is 7.18. The number of hydrogen-bond donors (Lipinski definition) is 0. The molecule has 0 saturated heterocycles. The summed E-state index contributed by atoms with van der Waals surface area (Å²) < 4.78 is 50.9. The molecule has 0 amide bonds. The zero-order valence-electron chi connectivity index (χ0n) is 17.3. The summed E-state index contributed by atoms with van der Waals surface area (Å²) in [6.07, 6.45) is -0.116. The largest absolute Gasteiger partial charge is 0.491 e. The molecule has 0 aliphatic carbocycles. The fourth-order valence-electron chi connectivity index (χ4n) is 2.66. The van der Waals surface area contributed by atoms with Gasteiger partial charge in [0.1, 0.15) is 11.3 Å². The zero-order valence-corrected chi connectivity index (χ0v) is 17.3. The van der Waals surface area contributed by atoms with Gasteiger partial charge >= 0.3 is 6.18 Å². The average Bonchev–Trinajstić information content (AvgIpc) is 2.66. The molecule has 0 radical (unpaired) electrons. The summed E-state index contributed by atoms with van der Waals surface area (Å²) in [5.74, 6) is 0.395. The summed E-state index contributed by atoms with van der Waals surface area (Å²) in [5, 5.41) is 0. The van der Waals surface area contributed by atoms with E-state index in [2.05, 4.69) is 16.9 Å². The van der Waals surface area contributed by atoms with E-state index >= 15 is 0 Å². The number of nitrogens with zero attached hydrogens (tertiary/aromatic N) is 3. The predicted molar refractivity (Wildman–Crippen MR) is 107 cm³/mol. The Morgan fingerprint density at radius 1 is 1.07 bits per heavy atom. The van der Waals surface area contributed by atoms with Crippen molar-refractivity contribution in [3.8, 4) is 11.6 Å². The lowest BCUT2D eigenvalue weighted by molar-refractivity contribution is -0.139. The molecule has 8 heteroatoms. The molecule has 2 rings (SSSR count). The van der Waals surface area contributed by atoms with Gasteiger partial charge in [0, 0.05) is 18.9 Å². The minimum Gasteiger partial charge on any atom is -0.491 e. The molecule has 0 aliphatic rings. The summed E-state index contributed by atoms with van der Waals surface area (Å²) in [5.41, 5.74) is -0.249. The van der Waals surface area contributed by atoms with Crippen molar-refractivity contribution in [2.75, 3.05) is 18.6 Å². The van der Waals surface area contributed by atoms with Gasteiger partial charge in [-0.2, -0.15) is 18.2 Å². The van der Waals surface area contributed by atoms with Gasteiger partial charge in [-0.3, -0.25) is 0 Å². The molecule has 160 valence electrons. The van der Waals surface area contributed by atoms with E-state index in [0.717, 1.165) is 31.1 Å². The Morgan fingerprint density at radius 2 is 1.76 bits per heavy atom. The zero-order chi connectivity index (χ0) is 21.4. The Morgan fingerprint density at radius 3 is 2.34 bits per heavy atom. The fourth-order valence-corrected chi connectivity index (χ4v) is 2.66. The van der Waals surface area contributed by atoms with Crippen LogP contribution in [0.2, 0.25) is 0 Å². The number of benzene rings is 1. The Balaban J connectivity index is 2.19. The van der Waals surface area contributed by atoms with Crippen LogP contribution in [0.3, 0.4) is 0 Å². The van der Waals surface area contributed by atoms with Crippen molar-refractivity contribution in [1.29, 1.82) is 0 Å². The number of anilines is 2. The summed E-state index contributed by atoms with van der Waals surface area (Å²) in [6.45, 7) is 6.11. The second kappa shape index (κ2) is 10.3. The lowest BCUT2D eigenvalue weighted by Crippen LogP contribution is -2.17. The van der Waals surface area contributed by atoms with Gasteiger partial charge < -0.3 is 14.4 Å². The molecule has 0 bridgehead atoms. The van der Waals surface area contributed by atoms with E-state index in [1.807, 2.05) is 13.8 Å². The molecular formula is C21H28F3N3O2. The lowest BCUT2D eigenvalue weighted by Gasteiger charge is -2.20.